The van der Waals surface area contributed by atoms with Crippen molar-refractivity contribution in [2.75, 3.05) is 5.32 Å². The number of benzene rings is 1. The van der Waals surface area contributed by atoms with Gasteiger partial charge in [-0.3, -0.25) is 14.6 Å². The molecule has 1 aromatic carbocycles. The van der Waals surface area contributed by atoms with E-state index in [2.05, 4.69) is 26.2 Å². The fourth-order valence-corrected chi connectivity index (χ4v) is 2.36. The molecule has 0 bridgehead atoms. The Hall–Kier alpha value is -2.21. The van der Waals surface area contributed by atoms with Crippen LogP contribution in [0, 0.1) is 6.92 Å². The van der Waals surface area contributed by atoms with Gasteiger partial charge in [-0.15, -0.1) is 0 Å². The minimum atomic E-state index is -0.601. The SMILES string of the molecule is Cc1cc(Br)cc(C(N)=O)c1NC(=O)c1cccnc1. The molecule has 2 rings (SSSR count). The number of rotatable bonds is 3. The third kappa shape index (κ3) is 3.03. The second-order valence-electron chi connectivity index (χ2n) is 4.21. The van der Waals surface area contributed by atoms with Gasteiger partial charge in [-0.2, -0.15) is 0 Å². The summed E-state index contributed by atoms with van der Waals surface area (Å²) in [5.74, 6) is -0.943. The smallest absolute Gasteiger partial charge is 0.257 e. The molecule has 0 unspecified atom stereocenters. The predicted molar refractivity (Wildman–Crippen MR) is 79.6 cm³/mol. The zero-order chi connectivity index (χ0) is 14.7. The first kappa shape index (κ1) is 14.2. The van der Waals surface area contributed by atoms with Crippen LogP contribution in [-0.4, -0.2) is 16.8 Å². The lowest BCUT2D eigenvalue weighted by atomic mass is 10.1. The molecule has 102 valence electrons. The molecule has 5 nitrogen and oxygen atoms in total. The Labute approximate surface area is 124 Å². The number of hydrogen-bond acceptors (Lipinski definition) is 3. The number of aromatic nitrogens is 1. The van der Waals surface area contributed by atoms with E-state index in [0.29, 0.717) is 11.3 Å². The van der Waals surface area contributed by atoms with Crippen LogP contribution in [-0.2, 0) is 0 Å². The van der Waals surface area contributed by atoms with Crippen molar-refractivity contribution >= 4 is 33.4 Å². The molecule has 20 heavy (non-hydrogen) atoms. The molecule has 0 saturated heterocycles. The van der Waals surface area contributed by atoms with Gasteiger partial charge in [0.2, 0.25) is 0 Å². The van der Waals surface area contributed by atoms with Crippen molar-refractivity contribution in [1.29, 1.82) is 0 Å². The number of nitrogens with two attached hydrogens (primary N) is 1. The molecule has 0 spiro atoms. The first-order valence-electron chi connectivity index (χ1n) is 5.80. The van der Waals surface area contributed by atoms with Crippen LogP contribution in [0.4, 0.5) is 5.69 Å². The second-order valence-corrected chi connectivity index (χ2v) is 5.12. The number of nitrogens with zero attached hydrogens (tertiary/aromatic N) is 1. The fourth-order valence-electron chi connectivity index (χ4n) is 1.79. The highest BCUT2D eigenvalue weighted by Crippen LogP contribution is 2.26. The lowest BCUT2D eigenvalue weighted by molar-refractivity contribution is 0.100. The summed E-state index contributed by atoms with van der Waals surface area (Å²) in [5.41, 5.74) is 7.16. The number of anilines is 1. The average molecular weight is 334 g/mol. The number of primary amides is 1. The van der Waals surface area contributed by atoms with Gasteiger partial charge in [-0.25, -0.2) is 0 Å². The van der Waals surface area contributed by atoms with Crippen molar-refractivity contribution in [3.8, 4) is 0 Å². The van der Waals surface area contributed by atoms with Crippen LogP contribution in [0.15, 0.2) is 41.1 Å². The van der Waals surface area contributed by atoms with Crippen LogP contribution in [0.2, 0.25) is 0 Å². The Morgan fingerprint density at radius 3 is 2.70 bits per heavy atom. The van der Waals surface area contributed by atoms with Crippen LogP contribution in [0.3, 0.4) is 0 Å². The quantitative estimate of drug-likeness (QED) is 0.904. The first-order valence-corrected chi connectivity index (χ1v) is 6.59. The van der Waals surface area contributed by atoms with E-state index in [9.17, 15) is 9.59 Å². The standard InChI is InChI=1S/C14H12BrN3O2/c1-8-5-10(15)6-11(13(16)19)12(8)18-14(20)9-3-2-4-17-7-9/h2-7H,1H3,(H2,16,19)(H,18,20). The highest BCUT2D eigenvalue weighted by Gasteiger charge is 2.15. The van der Waals surface area contributed by atoms with Crippen LogP contribution in [0.25, 0.3) is 0 Å². The van der Waals surface area contributed by atoms with Crippen molar-refractivity contribution in [2.45, 2.75) is 6.92 Å². The van der Waals surface area contributed by atoms with Crippen molar-refractivity contribution < 1.29 is 9.59 Å². The van der Waals surface area contributed by atoms with Crippen molar-refractivity contribution in [3.05, 3.63) is 57.8 Å². The Kier molecular flexibility index (Phi) is 4.14. The molecule has 0 aliphatic heterocycles. The van der Waals surface area contributed by atoms with E-state index in [1.54, 1.807) is 37.4 Å². The maximum absolute atomic E-state index is 12.1. The summed E-state index contributed by atoms with van der Waals surface area (Å²) in [6, 6.07) is 6.68. The number of carbonyl (C=O) groups is 2. The van der Waals surface area contributed by atoms with Crippen LogP contribution in [0.5, 0.6) is 0 Å². The second kappa shape index (κ2) is 5.83. The largest absolute Gasteiger partial charge is 0.366 e. The maximum atomic E-state index is 12.1. The van der Waals surface area contributed by atoms with E-state index >= 15 is 0 Å². The number of halogens is 1. The summed E-state index contributed by atoms with van der Waals surface area (Å²) >= 11 is 3.30. The fraction of sp³-hybridized carbons (Fsp3) is 0.0714. The molecule has 0 atom stereocenters. The zero-order valence-electron chi connectivity index (χ0n) is 10.7. The summed E-state index contributed by atoms with van der Waals surface area (Å²) < 4.78 is 0.725. The summed E-state index contributed by atoms with van der Waals surface area (Å²) in [7, 11) is 0. The van der Waals surface area contributed by atoms with Gasteiger partial charge in [0.15, 0.2) is 0 Å². The van der Waals surface area contributed by atoms with E-state index < -0.39 is 5.91 Å². The lowest BCUT2D eigenvalue weighted by Crippen LogP contribution is -2.19. The highest BCUT2D eigenvalue weighted by molar-refractivity contribution is 9.10. The maximum Gasteiger partial charge on any atom is 0.257 e. The molecular formula is C14H12BrN3O2. The van der Waals surface area contributed by atoms with Gasteiger partial charge < -0.3 is 11.1 Å². The van der Waals surface area contributed by atoms with E-state index in [1.165, 1.54) is 6.20 Å². The van der Waals surface area contributed by atoms with Crippen LogP contribution in [0.1, 0.15) is 26.3 Å². The lowest BCUT2D eigenvalue weighted by Gasteiger charge is -2.12. The Balaban J connectivity index is 2.39. The number of carbonyl (C=O) groups excluding carboxylic acids is 2. The van der Waals surface area contributed by atoms with Crippen molar-refractivity contribution in [3.63, 3.8) is 0 Å². The number of pyridine rings is 1. The number of aryl methyl sites for hydroxylation is 1. The van der Waals surface area contributed by atoms with Gasteiger partial charge in [0.1, 0.15) is 0 Å². The molecule has 2 aromatic rings. The van der Waals surface area contributed by atoms with Gasteiger partial charge in [0.05, 0.1) is 16.8 Å². The van der Waals surface area contributed by atoms with Gasteiger partial charge in [0.25, 0.3) is 11.8 Å². The number of amides is 2. The number of hydrogen-bond donors (Lipinski definition) is 2. The highest BCUT2D eigenvalue weighted by atomic mass is 79.9. The Morgan fingerprint density at radius 2 is 2.10 bits per heavy atom. The molecular weight excluding hydrogens is 322 g/mol. The molecule has 0 fully saturated rings. The third-order valence-corrected chi connectivity index (χ3v) is 3.19. The van der Waals surface area contributed by atoms with Crippen molar-refractivity contribution in [1.82, 2.24) is 4.98 Å². The summed E-state index contributed by atoms with van der Waals surface area (Å²) in [5, 5.41) is 2.70. The normalized spacial score (nSPS) is 10.1. The van der Waals surface area contributed by atoms with Gasteiger partial charge in [0, 0.05) is 16.9 Å². The number of nitrogens with one attached hydrogen (secondary N) is 1. The average Bonchev–Trinajstić information content (AvgIpc) is 2.42. The molecule has 0 aliphatic rings. The first-order chi connectivity index (χ1) is 9.49. The van der Waals surface area contributed by atoms with Crippen LogP contribution >= 0.6 is 15.9 Å². The molecule has 0 aliphatic carbocycles. The minimum Gasteiger partial charge on any atom is -0.366 e. The molecule has 0 radical (unpaired) electrons. The topological polar surface area (TPSA) is 85.1 Å². The van der Waals surface area contributed by atoms with E-state index in [4.69, 9.17) is 5.73 Å². The predicted octanol–water partition coefficient (Wildman–Crippen LogP) is 2.50. The van der Waals surface area contributed by atoms with E-state index in [1.807, 2.05) is 0 Å². The molecule has 2 amide bonds. The Morgan fingerprint density at radius 1 is 1.35 bits per heavy atom. The molecule has 1 heterocycles. The third-order valence-electron chi connectivity index (χ3n) is 2.73. The molecule has 3 N–H and O–H groups in total. The molecule has 6 heteroatoms. The Bertz CT molecular complexity index is 672. The van der Waals surface area contributed by atoms with Gasteiger partial charge in [-0.05, 0) is 36.8 Å². The summed E-state index contributed by atoms with van der Waals surface area (Å²) in [6.07, 6.45) is 3.03. The van der Waals surface area contributed by atoms with Crippen molar-refractivity contribution in [2.24, 2.45) is 5.73 Å². The summed E-state index contributed by atoms with van der Waals surface area (Å²) in [4.78, 5) is 27.5. The van der Waals surface area contributed by atoms with E-state index in [0.717, 1.165) is 10.0 Å². The molecule has 1 aromatic heterocycles. The van der Waals surface area contributed by atoms with Gasteiger partial charge >= 0.3 is 0 Å². The minimum absolute atomic E-state index is 0.258. The van der Waals surface area contributed by atoms with Crippen LogP contribution < -0.4 is 11.1 Å². The monoisotopic (exact) mass is 333 g/mol. The summed E-state index contributed by atoms with van der Waals surface area (Å²) in [6.45, 7) is 1.79. The zero-order valence-corrected chi connectivity index (χ0v) is 12.3. The molecule has 0 saturated carbocycles. The van der Waals surface area contributed by atoms with E-state index in [-0.39, 0.29) is 11.5 Å². The van der Waals surface area contributed by atoms with Gasteiger partial charge in [-0.1, -0.05) is 15.9 Å².